The highest BCUT2D eigenvalue weighted by Crippen LogP contribution is 2.21. The first-order valence-corrected chi connectivity index (χ1v) is 6.15. The molecule has 3 aromatic rings. The number of nitrogens with zero attached hydrogens (tertiary/aromatic N) is 1. The quantitative estimate of drug-likeness (QED) is 0.676. The van der Waals surface area contributed by atoms with Crippen LogP contribution in [0.3, 0.4) is 0 Å². The summed E-state index contributed by atoms with van der Waals surface area (Å²) in [6.07, 6.45) is 5.59. The van der Waals surface area contributed by atoms with Gasteiger partial charge in [0.2, 0.25) is 0 Å². The van der Waals surface area contributed by atoms with E-state index in [0.717, 1.165) is 29.5 Å². The molecule has 0 aliphatic heterocycles. The zero-order valence-electron chi connectivity index (χ0n) is 9.70. The SMILES string of the molecule is Clc1ccc2c(CNCc3ncc[nH]3)c[nH]c2c1. The lowest BCUT2D eigenvalue weighted by Gasteiger charge is -2.01. The van der Waals surface area contributed by atoms with Crippen molar-refractivity contribution in [3.8, 4) is 0 Å². The number of hydrogen-bond donors (Lipinski definition) is 3. The molecule has 0 unspecified atom stereocenters. The average Bonchev–Trinajstić information content (AvgIpc) is 2.99. The van der Waals surface area contributed by atoms with E-state index in [1.165, 1.54) is 10.9 Å². The number of hydrogen-bond acceptors (Lipinski definition) is 2. The molecular formula is C13H13ClN4. The minimum absolute atomic E-state index is 0.729. The van der Waals surface area contributed by atoms with Crippen molar-refractivity contribution in [1.29, 1.82) is 0 Å². The minimum atomic E-state index is 0.729. The van der Waals surface area contributed by atoms with E-state index in [2.05, 4.69) is 20.3 Å². The smallest absolute Gasteiger partial charge is 0.120 e. The van der Waals surface area contributed by atoms with Crippen molar-refractivity contribution in [1.82, 2.24) is 20.3 Å². The Kier molecular flexibility index (Phi) is 3.04. The van der Waals surface area contributed by atoms with Gasteiger partial charge in [0.15, 0.2) is 0 Å². The molecule has 18 heavy (non-hydrogen) atoms. The van der Waals surface area contributed by atoms with Gasteiger partial charge >= 0.3 is 0 Å². The summed E-state index contributed by atoms with van der Waals surface area (Å²) < 4.78 is 0. The first kappa shape index (κ1) is 11.3. The van der Waals surface area contributed by atoms with E-state index >= 15 is 0 Å². The van der Waals surface area contributed by atoms with Crippen LogP contribution in [0.25, 0.3) is 10.9 Å². The molecular weight excluding hydrogens is 248 g/mol. The van der Waals surface area contributed by atoms with E-state index in [9.17, 15) is 0 Å². The van der Waals surface area contributed by atoms with E-state index in [0.29, 0.717) is 0 Å². The molecule has 3 rings (SSSR count). The lowest BCUT2D eigenvalue weighted by Crippen LogP contribution is -2.13. The van der Waals surface area contributed by atoms with Crippen LogP contribution in [0.5, 0.6) is 0 Å². The molecule has 1 aromatic carbocycles. The van der Waals surface area contributed by atoms with Crippen LogP contribution in [0.2, 0.25) is 5.02 Å². The minimum Gasteiger partial charge on any atom is -0.361 e. The second kappa shape index (κ2) is 4.84. The predicted octanol–water partition coefficient (Wildman–Crippen LogP) is 2.83. The summed E-state index contributed by atoms with van der Waals surface area (Å²) >= 11 is 5.95. The molecule has 0 aliphatic rings. The number of benzene rings is 1. The van der Waals surface area contributed by atoms with Gasteiger partial charge in [-0.2, -0.15) is 0 Å². The molecule has 2 heterocycles. The molecule has 0 radical (unpaired) electrons. The molecule has 0 saturated carbocycles. The topological polar surface area (TPSA) is 56.5 Å². The standard InChI is InChI=1S/C13H13ClN4/c14-10-1-2-11-9(7-18-12(11)5-10)6-15-8-13-16-3-4-17-13/h1-5,7,15,18H,6,8H2,(H,16,17). The lowest BCUT2D eigenvalue weighted by atomic mass is 10.2. The van der Waals surface area contributed by atoms with Crippen molar-refractivity contribution in [3.05, 3.63) is 53.2 Å². The molecule has 2 aromatic heterocycles. The Bertz CT molecular complexity index is 642. The van der Waals surface area contributed by atoms with Gasteiger partial charge in [-0.15, -0.1) is 0 Å². The average molecular weight is 261 g/mol. The van der Waals surface area contributed by atoms with Crippen molar-refractivity contribution in [3.63, 3.8) is 0 Å². The van der Waals surface area contributed by atoms with Gasteiger partial charge in [0.05, 0.1) is 6.54 Å². The van der Waals surface area contributed by atoms with Crippen molar-refractivity contribution >= 4 is 22.5 Å². The Labute approximate surface area is 109 Å². The Hall–Kier alpha value is -1.78. The summed E-state index contributed by atoms with van der Waals surface area (Å²) in [5.74, 6) is 0.942. The zero-order chi connectivity index (χ0) is 12.4. The molecule has 3 N–H and O–H groups in total. The molecule has 0 saturated heterocycles. The monoisotopic (exact) mass is 260 g/mol. The van der Waals surface area contributed by atoms with Gasteiger partial charge < -0.3 is 15.3 Å². The zero-order valence-corrected chi connectivity index (χ0v) is 10.5. The largest absolute Gasteiger partial charge is 0.361 e. The normalized spacial score (nSPS) is 11.2. The molecule has 0 fully saturated rings. The molecule has 0 bridgehead atoms. The molecule has 0 atom stereocenters. The fourth-order valence-corrected chi connectivity index (χ4v) is 2.19. The van der Waals surface area contributed by atoms with Crippen LogP contribution in [0.4, 0.5) is 0 Å². The van der Waals surface area contributed by atoms with Crippen LogP contribution >= 0.6 is 11.6 Å². The van der Waals surface area contributed by atoms with Crippen LogP contribution < -0.4 is 5.32 Å². The van der Waals surface area contributed by atoms with Crippen LogP contribution in [-0.2, 0) is 13.1 Å². The number of fused-ring (bicyclic) bond motifs is 1. The summed E-state index contributed by atoms with van der Waals surface area (Å²) in [4.78, 5) is 10.5. The van der Waals surface area contributed by atoms with Crippen LogP contribution in [0.1, 0.15) is 11.4 Å². The van der Waals surface area contributed by atoms with Gasteiger partial charge in [0.25, 0.3) is 0 Å². The molecule has 5 heteroatoms. The highest BCUT2D eigenvalue weighted by molar-refractivity contribution is 6.31. The molecule has 0 amide bonds. The van der Waals surface area contributed by atoms with Gasteiger partial charge in [-0.3, -0.25) is 0 Å². The van der Waals surface area contributed by atoms with Crippen LogP contribution in [0, 0.1) is 0 Å². The number of rotatable bonds is 4. The van der Waals surface area contributed by atoms with Crippen molar-refractivity contribution in [2.24, 2.45) is 0 Å². The fraction of sp³-hybridized carbons (Fsp3) is 0.154. The third-order valence-electron chi connectivity index (χ3n) is 2.89. The van der Waals surface area contributed by atoms with E-state index in [1.54, 1.807) is 6.20 Å². The summed E-state index contributed by atoms with van der Waals surface area (Å²) in [5, 5.41) is 5.30. The van der Waals surface area contributed by atoms with Crippen LogP contribution in [0.15, 0.2) is 36.8 Å². The van der Waals surface area contributed by atoms with Crippen LogP contribution in [-0.4, -0.2) is 15.0 Å². The lowest BCUT2D eigenvalue weighted by molar-refractivity contribution is 0.671. The maximum Gasteiger partial charge on any atom is 0.120 e. The Morgan fingerprint density at radius 2 is 2.17 bits per heavy atom. The number of aromatic nitrogens is 3. The summed E-state index contributed by atoms with van der Waals surface area (Å²) in [7, 11) is 0. The van der Waals surface area contributed by atoms with E-state index < -0.39 is 0 Å². The van der Waals surface area contributed by atoms with Crippen molar-refractivity contribution < 1.29 is 0 Å². The first-order valence-electron chi connectivity index (χ1n) is 5.77. The van der Waals surface area contributed by atoms with Crippen molar-refractivity contribution in [2.75, 3.05) is 0 Å². The Morgan fingerprint density at radius 3 is 3.00 bits per heavy atom. The van der Waals surface area contributed by atoms with E-state index in [1.807, 2.05) is 30.6 Å². The molecule has 0 aliphatic carbocycles. The predicted molar refractivity (Wildman–Crippen MR) is 72.4 cm³/mol. The highest BCUT2D eigenvalue weighted by Gasteiger charge is 2.04. The first-order chi connectivity index (χ1) is 8.83. The number of imidazole rings is 1. The fourth-order valence-electron chi connectivity index (χ4n) is 2.01. The number of H-pyrrole nitrogens is 2. The third-order valence-corrected chi connectivity index (χ3v) is 3.13. The Morgan fingerprint density at radius 1 is 1.22 bits per heavy atom. The van der Waals surface area contributed by atoms with Gasteiger partial charge in [0, 0.05) is 41.1 Å². The molecule has 4 nitrogen and oxygen atoms in total. The summed E-state index contributed by atoms with van der Waals surface area (Å²) in [5.41, 5.74) is 2.30. The third kappa shape index (κ3) is 2.25. The van der Waals surface area contributed by atoms with E-state index in [-0.39, 0.29) is 0 Å². The second-order valence-corrected chi connectivity index (χ2v) is 4.58. The number of halogens is 1. The second-order valence-electron chi connectivity index (χ2n) is 4.14. The Balaban J connectivity index is 1.71. The summed E-state index contributed by atoms with van der Waals surface area (Å²) in [6.45, 7) is 1.52. The molecule has 92 valence electrons. The maximum atomic E-state index is 5.95. The number of nitrogens with one attached hydrogen (secondary N) is 3. The highest BCUT2D eigenvalue weighted by atomic mass is 35.5. The van der Waals surface area contributed by atoms with E-state index in [4.69, 9.17) is 11.6 Å². The maximum absolute atomic E-state index is 5.95. The number of aromatic amines is 2. The van der Waals surface area contributed by atoms with Gasteiger partial charge in [-0.25, -0.2) is 4.98 Å². The van der Waals surface area contributed by atoms with Crippen molar-refractivity contribution in [2.45, 2.75) is 13.1 Å². The molecule has 0 spiro atoms. The van der Waals surface area contributed by atoms with Gasteiger partial charge in [0.1, 0.15) is 5.82 Å². The van der Waals surface area contributed by atoms with Gasteiger partial charge in [-0.1, -0.05) is 17.7 Å². The summed E-state index contributed by atoms with van der Waals surface area (Å²) in [6, 6.07) is 5.89. The van der Waals surface area contributed by atoms with Gasteiger partial charge in [-0.05, 0) is 17.7 Å².